The molecule has 0 aromatic carbocycles. The molecule has 4 rings (SSSR count). The van der Waals surface area contributed by atoms with Crippen molar-refractivity contribution in [1.29, 1.82) is 0 Å². The van der Waals surface area contributed by atoms with Crippen LogP contribution in [0.5, 0.6) is 0 Å². The van der Waals surface area contributed by atoms with E-state index in [1.807, 2.05) is 6.92 Å². The van der Waals surface area contributed by atoms with Crippen molar-refractivity contribution in [3.8, 4) is 0 Å². The van der Waals surface area contributed by atoms with Crippen molar-refractivity contribution in [1.82, 2.24) is 0 Å². The van der Waals surface area contributed by atoms with Crippen LogP contribution in [0.4, 0.5) is 0 Å². The van der Waals surface area contributed by atoms with E-state index in [0.29, 0.717) is 17.6 Å². The smallest absolute Gasteiger partial charge is 0.333 e. The Morgan fingerprint density at radius 2 is 1.47 bits per heavy atom. The highest BCUT2D eigenvalue weighted by Gasteiger charge is 2.74. The molecule has 0 aromatic heterocycles. The summed E-state index contributed by atoms with van der Waals surface area (Å²) < 4.78 is 12.0. The highest BCUT2D eigenvalue weighted by Crippen LogP contribution is 2.72. The van der Waals surface area contributed by atoms with Gasteiger partial charge in [0.2, 0.25) is 0 Å². The zero-order chi connectivity index (χ0) is 22.6. The van der Waals surface area contributed by atoms with Crippen molar-refractivity contribution in [3.05, 3.63) is 34.9 Å². The summed E-state index contributed by atoms with van der Waals surface area (Å²) in [6, 6.07) is 0. The van der Waals surface area contributed by atoms with Crippen LogP contribution in [0, 0.1) is 28.6 Å². The van der Waals surface area contributed by atoms with Gasteiger partial charge in [-0.3, -0.25) is 4.79 Å². The predicted octanol–water partition coefficient (Wildman–Crippen LogP) is 4.57. The first kappa shape index (κ1) is 22.5. The Morgan fingerprint density at radius 3 is 1.93 bits per heavy atom. The van der Waals surface area contributed by atoms with Crippen molar-refractivity contribution in [2.24, 2.45) is 28.6 Å². The summed E-state index contributed by atoms with van der Waals surface area (Å²) in [5, 5.41) is 0. The Kier molecular flexibility index (Phi) is 5.63. The second-order valence-corrected chi connectivity index (χ2v) is 9.93. The first-order valence-corrected chi connectivity index (χ1v) is 10.8. The quantitative estimate of drug-likeness (QED) is 0.498. The van der Waals surface area contributed by atoms with Crippen LogP contribution in [0.1, 0.15) is 61.8 Å². The van der Waals surface area contributed by atoms with E-state index in [-0.39, 0.29) is 35.5 Å². The molecule has 164 valence electrons. The molecule has 3 saturated carbocycles. The second kappa shape index (κ2) is 7.51. The standard InChI is InChI=1S/C25H34O5/c1-9-13(3)22(27)29-17-12-18(30-23(28)14(4)10-2)25(8)19-15(5)11-16(26)20(25)21(19)24(17,6)7/h9-11,17-21H,12H2,1-8H3/b13-9-,14-10+/t17-,18-,19+,20-,21+,25-/m1/s1. The van der Waals surface area contributed by atoms with Gasteiger partial charge in [-0.05, 0) is 52.5 Å². The van der Waals surface area contributed by atoms with Gasteiger partial charge in [0.25, 0.3) is 0 Å². The number of esters is 2. The van der Waals surface area contributed by atoms with E-state index in [1.54, 1.807) is 45.9 Å². The minimum Gasteiger partial charge on any atom is -0.458 e. The highest BCUT2D eigenvalue weighted by atomic mass is 16.6. The van der Waals surface area contributed by atoms with Gasteiger partial charge in [0, 0.05) is 34.3 Å². The topological polar surface area (TPSA) is 69.7 Å². The molecule has 30 heavy (non-hydrogen) atoms. The van der Waals surface area contributed by atoms with Crippen molar-refractivity contribution >= 4 is 17.7 Å². The van der Waals surface area contributed by atoms with Crippen LogP contribution in [0.3, 0.4) is 0 Å². The Morgan fingerprint density at radius 1 is 0.967 bits per heavy atom. The first-order valence-electron chi connectivity index (χ1n) is 10.8. The van der Waals surface area contributed by atoms with Crippen molar-refractivity contribution in [2.45, 2.75) is 74.0 Å². The maximum Gasteiger partial charge on any atom is 0.333 e. The van der Waals surface area contributed by atoms with Gasteiger partial charge in [0.1, 0.15) is 12.2 Å². The fraction of sp³-hybridized carbons (Fsp3) is 0.640. The van der Waals surface area contributed by atoms with E-state index in [1.165, 1.54) is 0 Å². The van der Waals surface area contributed by atoms with Crippen LogP contribution >= 0.6 is 0 Å². The summed E-state index contributed by atoms with van der Waals surface area (Å²) >= 11 is 0. The van der Waals surface area contributed by atoms with Gasteiger partial charge >= 0.3 is 11.9 Å². The number of hydrogen-bond acceptors (Lipinski definition) is 5. The van der Waals surface area contributed by atoms with Gasteiger partial charge in [-0.2, -0.15) is 0 Å². The molecule has 0 N–H and O–H groups in total. The number of allylic oxidation sites excluding steroid dienone is 4. The maximum atomic E-state index is 13.1. The molecule has 0 amide bonds. The lowest BCUT2D eigenvalue weighted by molar-refractivity contribution is -0.202. The monoisotopic (exact) mass is 414 g/mol. The van der Waals surface area contributed by atoms with Gasteiger partial charge in [-0.25, -0.2) is 9.59 Å². The van der Waals surface area contributed by atoms with Crippen LogP contribution in [0.15, 0.2) is 34.9 Å². The largest absolute Gasteiger partial charge is 0.458 e. The normalized spacial score (nSPS) is 37.5. The lowest BCUT2D eigenvalue weighted by atomic mass is 9.37. The van der Waals surface area contributed by atoms with E-state index in [2.05, 4.69) is 20.8 Å². The van der Waals surface area contributed by atoms with Crippen LogP contribution < -0.4 is 0 Å². The maximum absolute atomic E-state index is 13.1. The molecule has 0 spiro atoms. The predicted molar refractivity (Wildman–Crippen MR) is 114 cm³/mol. The van der Waals surface area contributed by atoms with Crippen molar-refractivity contribution in [3.63, 3.8) is 0 Å². The molecular weight excluding hydrogens is 380 g/mol. The number of hydrogen-bond donors (Lipinski definition) is 0. The molecule has 4 aliphatic carbocycles. The molecule has 0 saturated heterocycles. The Hall–Kier alpha value is -2.17. The number of carbonyl (C=O) groups is 3. The molecule has 4 aliphatic rings. The number of ether oxygens (including phenoxy) is 2. The second-order valence-electron chi connectivity index (χ2n) is 9.93. The fourth-order valence-corrected chi connectivity index (χ4v) is 5.98. The molecule has 3 fully saturated rings. The van der Waals surface area contributed by atoms with E-state index < -0.39 is 23.0 Å². The van der Waals surface area contributed by atoms with Crippen LogP contribution in [-0.4, -0.2) is 29.9 Å². The molecule has 0 heterocycles. The van der Waals surface area contributed by atoms with Gasteiger partial charge in [-0.15, -0.1) is 0 Å². The van der Waals surface area contributed by atoms with Gasteiger partial charge < -0.3 is 9.47 Å². The van der Waals surface area contributed by atoms with Gasteiger partial charge in [-0.1, -0.05) is 38.5 Å². The molecule has 0 radical (unpaired) electrons. The minimum absolute atomic E-state index is 0.0511. The zero-order valence-corrected chi connectivity index (χ0v) is 19.4. The van der Waals surface area contributed by atoms with E-state index >= 15 is 0 Å². The lowest BCUT2D eigenvalue weighted by Gasteiger charge is -2.65. The molecule has 0 aliphatic heterocycles. The van der Waals surface area contributed by atoms with Gasteiger partial charge in [0.15, 0.2) is 5.78 Å². The highest BCUT2D eigenvalue weighted by molar-refractivity contribution is 5.97. The average Bonchev–Trinajstić information content (AvgIpc) is 2.78. The molecule has 5 nitrogen and oxygen atoms in total. The molecule has 0 aromatic rings. The Labute approximate surface area is 179 Å². The van der Waals surface area contributed by atoms with Crippen molar-refractivity contribution in [2.75, 3.05) is 0 Å². The zero-order valence-electron chi connectivity index (χ0n) is 19.4. The third-order valence-electron chi connectivity index (χ3n) is 8.04. The molecule has 6 atom stereocenters. The fourth-order valence-electron chi connectivity index (χ4n) is 5.98. The first-order chi connectivity index (χ1) is 13.9. The van der Waals surface area contributed by atoms with Crippen LogP contribution in [0.25, 0.3) is 0 Å². The third kappa shape index (κ3) is 3.09. The summed E-state index contributed by atoms with van der Waals surface area (Å²) in [5.74, 6) is -0.722. The van der Waals surface area contributed by atoms with Gasteiger partial charge in [0.05, 0.1) is 0 Å². The summed E-state index contributed by atoms with van der Waals surface area (Å²) in [4.78, 5) is 38.4. The Balaban J connectivity index is 2.06. The molecule has 0 unspecified atom stereocenters. The summed E-state index contributed by atoms with van der Waals surface area (Å²) in [5.41, 5.74) is 1.18. The summed E-state index contributed by atoms with van der Waals surface area (Å²) in [6.45, 7) is 15.3. The number of fused-ring (bicyclic) bond motifs is 3. The lowest BCUT2D eigenvalue weighted by Crippen LogP contribution is -2.67. The van der Waals surface area contributed by atoms with E-state index in [4.69, 9.17) is 9.47 Å². The third-order valence-corrected chi connectivity index (χ3v) is 8.04. The summed E-state index contributed by atoms with van der Waals surface area (Å²) in [7, 11) is 0. The molecule has 4 bridgehead atoms. The molecule has 5 heteroatoms. The Bertz CT molecular complexity index is 874. The molecular formula is C25H34O5. The average molecular weight is 415 g/mol. The minimum atomic E-state index is -0.510. The van der Waals surface area contributed by atoms with Crippen LogP contribution in [-0.2, 0) is 23.9 Å². The number of ketones is 1. The summed E-state index contributed by atoms with van der Waals surface area (Å²) in [6.07, 6.45) is 4.62. The van der Waals surface area contributed by atoms with E-state index in [0.717, 1.165) is 5.57 Å². The van der Waals surface area contributed by atoms with E-state index in [9.17, 15) is 14.4 Å². The van der Waals surface area contributed by atoms with Crippen LogP contribution in [0.2, 0.25) is 0 Å². The van der Waals surface area contributed by atoms with Crippen molar-refractivity contribution < 1.29 is 23.9 Å². The number of rotatable bonds is 4. The number of carbonyl (C=O) groups excluding carboxylic acids is 3. The SMILES string of the molecule is C/C=C(/C)C(=O)O[C@@H]1C[C@@H](OC(=O)/C(C)=C/C)[C@@]2(C)[C@@H]3C(=O)C=C(C)[C@H]2[C@@H]3C1(C)C.